The molecule has 202 valence electrons. The van der Waals surface area contributed by atoms with Crippen LogP contribution in [0.5, 0.6) is 0 Å². The van der Waals surface area contributed by atoms with Crippen LogP contribution >= 0.6 is 0 Å². The van der Waals surface area contributed by atoms with Crippen LogP contribution in [0.15, 0.2) is 115 Å². The number of benzene rings is 5. The van der Waals surface area contributed by atoms with Crippen LogP contribution in [0.25, 0.3) is 21.5 Å². The van der Waals surface area contributed by atoms with E-state index < -0.39 is 20.2 Å². The number of nitrogen functional groups attached to an aromatic ring is 1. The predicted molar refractivity (Wildman–Crippen MR) is 151 cm³/mol. The molecule has 13 heteroatoms. The average Bonchev–Trinajstić information content (AvgIpc) is 2.91. The second kappa shape index (κ2) is 10.2. The molecule has 0 spiro atoms. The molecule has 0 unspecified atom stereocenters. The van der Waals surface area contributed by atoms with E-state index >= 15 is 0 Å². The number of rotatable bonds is 6. The summed E-state index contributed by atoms with van der Waals surface area (Å²) in [5, 5.41) is 19.7. The van der Waals surface area contributed by atoms with Crippen molar-refractivity contribution in [3.8, 4) is 0 Å². The lowest BCUT2D eigenvalue weighted by Crippen LogP contribution is -1.98. The van der Waals surface area contributed by atoms with Gasteiger partial charge in [0, 0.05) is 27.2 Å². The molecule has 5 aromatic carbocycles. The van der Waals surface area contributed by atoms with Crippen molar-refractivity contribution in [2.75, 3.05) is 5.73 Å². The molecule has 0 fully saturated rings. The van der Waals surface area contributed by atoms with Crippen molar-refractivity contribution in [3.05, 3.63) is 90.5 Å². The standard InChI is InChI=1S/C27H21N5O6S2/c1-16-5-7-21-23(13-16)27(12-11-26(21)30-29-17-3-2-4-18(14-17)39(33,34)35)32-31-25-10-9-24(28)22-15-19(40(36,37)38)6-8-20(22)25/h2-15H,28H2,1H3,(H,33,34,35)(H,36,37,38). The molecule has 0 aliphatic carbocycles. The number of nitrogens with zero attached hydrogens (tertiary/aromatic N) is 4. The maximum Gasteiger partial charge on any atom is 0.294 e. The van der Waals surface area contributed by atoms with E-state index in [1.807, 2.05) is 25.1 Å². The normalized spacial score (nSPS) is 12.7. The van der Waals surface area contributed by atoms with Gasteiger partial charge < -0.3 is 5.73 Å². The van der Waals surface area contributed by atoms with Crippen LogP contribution in [0.4, 0.5) is 28.4 Å². The maximum atomic E-state index is 11.6. The number of hydrogen-bond acceptors (Lipinski definition) is 9. The Kier molecular flexibility index (Phi) is 6.89. The smallest absolute Gasteiger partial charge is 0.294 e. The second-order valence-electron chi connectivity index (χ2n) is 8.88. The molecule has 0 heterocycles. The van der Waals surface area contributed by atoms with Gasteiger partial charge in [-0.1, -0.05) is 29.8 Å². The molecule has 0 radical (unpaired) electrons. The van der Waals surface area contributed by atoms with E-state index in [9.17, 15) is 25.9 Å². The van der Waals surface area contributed by atoms with Crippen molar-refractivity contribution in [2.45, 2.75) is 16.7 Å². The van der Waals surface area contributed by atoms with Crippen molar-refractivity contribution < 1.29 is 25.9 Å². The molecule has 0 aliphatic rings. The minimum absolute atomic E-state index is 0.242. The zero-order chi connectivity index (χ0) is 28.7. The Balaban J connectivity index is 1.55. The highest BCUT2D eigenvalue weighted by atomic mass is 32.2. The van der Waals surface area contributed by atoms with Gasteiger partial charge in [-0.2, -0.15) is 21.9 Å². The van der Waals surface area contributed by atoms with E-state index in [1.54, 1.807) is 30.3 Å². The van der Waals surface area contributed by atoms with E-state index in [-0.39, 0.29) is 15.5 Å². The quantitative estimate of drug-likeness (QED) is 0.108. The van der Waals surface area contributed by atoms with E-state index in [4.69, 9.17) is 5.73 Å². The summed E-state index contributed by atoms with van der Waals surface area (Å²) < 4.78 is 64.7. The van der Waals surface area contributed by atoms with Gasteiger partial charge in [0.25, 0.3) is 20.2 Å². The summed E-state index contributed by atoms with van der Waals surface area (Å²) in [6.07, 6.45) is 0. The van der Waals surface area contributed by atoms with Crippen LogP contribution in [0, 0.1) is 6.92 Å². The monoisotopic (exact) mass is 575 g/mol. The Morgan fingerprint density at radius 3 is 1.80 bits per heavy atom. The van der Waals surface area contributed by atoms with E-state index in [0.29, 0.717) is 33.5 Å². The first-order chi connectivity index (χ1) is 18.9. The summed E-state index contributed by atoms with van der Waals surface area (Å²) in [5.74, 6) is 0. The van der Waals surface area contributed by atoms with Crippen LogP contribution in [0.3, 0.4) is 0 Å². The highest BCUT2D eigenvalue weighted by Gasteiger charge is 2.14. The fraction of sp³-hybridized carbons (Fsp3) is 0.0370. The lowest BCUT2D eigenvalue weighted by molar-refractivity contribution is 0.481. The summed E-state index contributed by atoms with van der Waals surface area (Å²) in [6.45, 7) is 1.93. The lowest BCUT2D eigenvalue weighted by Gasteiger charge is -2.08. The molecule has 40 heavy (non-hydrogen) atoms. The topological polar surface area (TPSA) is 184 Å². The van der Waals surface area contributed by atoms with E-state index in [2.05, 4.69) is 20.5 Å². The Morgan fingerprint density at radius 2 is 1.12 bits per heavy atom. The molecule has 0 atom stereocenters. The molecule has 5 aromatic rings. The van der Waals surface area contributed by atoms with Crippen molar-refractivity contribution >= 4 is 70.2 Å². The first-order valence-electron chi connectivity index (χ1n) is 11.6. The van der Waals surface area contributed by atoms with Gasteiger partial charge >= 0.3 is 0 Å². The van der Waals surface area contributed by atoms with Crippen molar-refractivity contribution in [1.82, 2.24) is 0 Å². The first-order valence-corrected chi connectivity index (χ1v) is 14.5. The molecule has 11 nitrogen and oxygen atoms in total. The van der Waals surface area contributed by atoms with Gasteiger partial charge in [-0.3, -0.25) is 9.11 Å². The highest BCUT2D eigenvalue weighted by Crippen LogP contribution is 2.38. The minimum Gasteiger partial charge on any atom is -0.398 e. The highest BCUT2D eigenvalue weighted by molar-refractivity contribution is 7.86. The lowest BCUT2D eigenvalue weighted by atomic mass is 10.0. The Labute approximate surface area is 229 Å². The first kappa shape index (κ1) is 27.0. The molecular formula is C27H21N5O6S2. The molecule has 5 rings (SSSR count). The average molecular weight is 576 g/mol. The van der Waals surface area contributed by atoms with Gasteiger partial charge in [0.05, 0.1) is 32.5 Å². The maximum absolute atomic E-state index is 11.6. The molecule has 0 saturated heterocycles. The molecule has 0 aromatic heterocycles. The van der Waals surface area contributed by atoms with Crippen LogP contribution in [-0.2, 0) is 20.2 Å². The summed E-state index contributed by atoms with van der Waals surface area (Å²) in [5.41, 5.74) is 9.04. The summed E-state index contributed by atoms with van der Waals surface area (Å²) in [7, 11) is -8.78. The second-order valence-corrected chi connectivity index (χ2v) is 11.7. The molecule has 0 bridgehead atoms. The molecule has 0 amide bonds. The minimum atomic E-state index is -4.41. The van der Waals surface area contributed by atoms with Crippen LogP contribution < -0.4 is 5.73 Å². The van der Waals surface area contributed by atoms with Gasteiger partial charge in [-0.15, -0.1) is 15.3 Å². The van der Waals surface area contributed by atoms with Gasteiger partial charge in [0.15, 0.2) is 0 Å². The number of azo groups is 2. The third-order valence-corrected chi connectivity index (χ3v) is 7.78. The van der Waals surface area contributed by atoms with E-state index in [0.717, 1.165) is 16.3 Å². The number of anilines is 1. The van der Waals surface area contributed by atoms with Gasteiger partial charge in [-0.25, -0.2) is 0 Å². The van der Waals surface area contributed by atoms with Crippen LogP contribution in [-0.4, -0.2) is 25.9 Å². The SMILES string of the molecule is Cc1ccc2c(N=Nc3cccc(S(=O)(=O)O)c3)ccc(N=Nc3ccc(N)c4cc(S(=O)(=O)O)ccc34)c2c1. The molecule has 4 N–H and O–H groups in total. The van der Waals surface area contributed by atoms with Crippen molar-refractivity contribution in [3.63, 3.8) is 0 Å². The Bertz CT molecular complexity index is 2090. The number of hydrogen-bond donors (Lipinski definition) is 3. The third-order valence-electron chi connectivity index (χ3n) is 6.08. The number of aryl methyl sites for hydroxylation is 1. The molecular weight excluding hydrogens is 554 g/mol. The fourth-order valence-corrected chi connectivity index (χ4v) is 5.14. The zero-order valence-corrected chi connectivity index (χ0v) is 22.4. The molecule has 0 saturated carbocycles. The summed E-state index contributed by atoms with van der Waals surface area (Å²) >= 11 is 0. The van der Waals surface area contributed by atoms with Crippen molar-refractivity contribution in [2.24, 2.45) is 20.5 Å². The molecule has 0 aliphatic heterocycles. The number of nitrogens with two attached hydrogens (primary N) is 1. The van der Waals surface area contributed by atoms with Crippen LogP contribution in [0.2, 0.25) is 0 Å². The van der Waals surface area contributed by atoms with Crippen molar-refractivity contribution in [1.29, 1.82) is 0 Å². The zero-order valence-electron chi connectivity index (χ0n) is 20.8. The summed E-state index contributed by atoms with van der Waals surface area (Å²) in [6, 6.07) is 21.9. The van der Waals surface area contributed by atoms with E-state index in [1.165, 1.54) is 36.4 Å². The Hall–Kier alpha value is -4.56. The van der Waals surface area contributed by atoms with Gasteiger partial charge in [-0.05, 0) is 67.6 Å². The number of fused-ring (bicyclic) bond motifs is 2. The largest absolute Gasteiger partial charge is 0.398 e. The summed E-state index contributed by atoms with van der Waals surface area (Å²) in [4.78, 5) is -0.568. The third kappa shape index (κ3) is 5.58. The van der Waals surface area contributed by atoms with Gasteiger partial charge in [0.2, 0.25) is 0 Å². The Morgan fingerprint density at radius 1 is 0.575 bits per heavy atom. The van der Waals surface area contributed by atoms with Crippen LogP contribution in [0.1, 0.15) is 5.56 Å². The fourth-order valence-electron chi connectivity index (χ4n) is 4.11. The van der Waals surface area contributed by atoms with Gasteiger partial charge in [0.1, 0.15) is 0 Å². The predicted octanol–water partition coefficient (Wildman–Crippen LogP) is 7.21.